The highest BCUT2D eigenvalue weighted by molar-refractivity contribution is 7.11. The van der Waals surface area contributed by atoms with Crippen LogP contribution in [0.5, 0.6) is 0 Å². The second kappa shape index (κ2) is 3.96. The van der Waals surface area contributed by atoms with Crippen LogP contribution in [0.25, 0.3) is 0 Å². The summed E-state index contributed by atoms with van der Waals surface area (Å²) in [7, 11) is 0. The molecule has 5 heteroatoms. The summed E-state index contributed by atoms with van der Waals surface area (Å²) in [4.78, 5) is 16.9. The Morgan fingerprint density at radius 3 is 2.71 bits per heavy atom. The zero-order valence-electron chi connectivity index (χ0n) is 7.77. The van der Waals surface area contributed by atoms with E-state index in [1.807, 2.05) is 5.38 Å². The number of carboxylic acid groups (broad SMARTS) is 1. The van der Waals surface area contributed by atoms with Gasteiger partial charge in [-0.1, -0.05) is 0 Å². The molecule has 1 aliphatic heterocycles. The quantitative estimate of drug-likeness (QED) is 0.812. The number of aromatic carboxylic acids is 1. The van der Waals surface area contributed by atoms with E-state index in [1.54, 1.807) is 0 Å². The van der Waals surface area contributed by atoms with Crippen molar-refractivity contribution in [2.24, 2.45) is 0 Å². The number of hydrogen-bond donors (Lipinski definition) is 1. The highest BCUT2D eigenvalue weighted by Gasteiger charge is 2.15. The van der Waals surface area contributed by atoms with Crippen LogP contribution in [0.1, 0.15) is 29.1 Å². The molecule has 1 fully saturated rings. The second-order valence-corrected chi connectivity index (χ2v) is 4.22. The van der Waals surface area contributed by atoms with Crippen molar-refractivity contribution >= 4 is 23.1 Å². The molecule has 0 spiro atoms. The van der Waals surface area contributed by atoms with Gasteiger partial charge in [-0.05, 0) is 19.3 Å². The van der Waals surface area contributed by atoms with Gasteiger partial charge >= 0.3 is 5.97 Å². The normalized spacial score (nSPS) is 17.0. The molecule has 2 heterocycles. The number of hydrogen-bond acceptors (Lipinski definition) is 4. The smallest absolute Gasteiger partial charge is 0.365 e. The Hall–Kier alpha value is -1.10. The third kappa shape index (κ3) is 1.87. The average Bonchev–Trinajstić information content (AvgIpc) is 2.68. The predicted molar refractivity (Wildman–Crippen MR) is 55.1 cm³/mol. The lowest BCUT2D eigenvalue weighted by atomic mass is 10.1. The van der Waals surface area contributed by atoms with Gasteiger partial charge in [0.05, 0.1) is 0 Å². The molecular weight excluding hydrogens is 200 g/mol. The molecule has 0 amide bonds. The molecule has 1 aromatic heterocycles. The molecule has 0 saturated carbocycles. The van der Waals surface area contributed by atoms with E-state index in [-0.39, 0.29) is 5.01 Å². The third-order valence-electron chi connectivity index (χ3n) is 2.36. The maximum absolute atomic E-state index is 10.6. The number of carbonyl (C=O) groups is 1. The predicted octanol–water partition coefficient (Wildman–Crippen LogP) is 1.83. The van der Waals surface area contributed by atoms with E-state index in [0.717, 1.165) is 18.9 Å². The van der Waals surface area contributed by atoms with Crippen molar-refractivity contribution in [1.82, 2.24) is 4.98 Å². The Labute approximate surface area is 86.2 Å². The number of piperidine rings is 1. The topological polar surface area (TPSA) is 53.4 Å². The molecule has 14 heavy (non-hydrogen) atoms. The van der Waals surface area contributed by atoms with Crippen molar-refractivity contribution in [1.29, 1.82) is 0 Å². The van der Waals surface area contributed by atoms with Gasteiger partial charge in [-0.2, -0.15) is 0 Å². The lowest BCUT2D eigenvalue weighted by Crippen LogP contribution is -2.29. The van der Waals surface area contributed by atoms with E-state index in [4.69, 9.17) is 5.11 Å². The van der Waals surface area contributed by atoms with Gasteiger partial charge in [0.25, 0.3) is 0 Å². The molecule has 0 radical (unpaired) electrons. The molecule has 0 aliphatic carbocycles. The highest BCUT2D eigenvalue weighted by Crippen LogP contribution is 2.21. The summed E-state index contributed by atoms with van der Waals surface area (Å²) in [6.45, 7) is 2.01. The van der Waals surface area contributed by atoms with Crippen molar-refractivity contribution in [3.63, 3.8) is 0 Å². The summed E-state index contributed by atoms with van der Waals surface area (Å²) in [6, 6.07) is 0. The number of anilines is 1. The molecule has 0 unspecified atom stereocenters. The third-order valence-corrected chi connectivity index (χ3v) is 3.17. The zero-order chi connectivity index (χ0) is 9.97. The van der Waals surface area contributed by atoms with Crippen molar-refractivity contribution in [2.45, 2.75) is 19.3 Å². The molecular formula is C9H12N2O2S. The Bertz CT molecular complexity index is 331. The van der Waals surface area contributed by atoms with Crippen LogP contribution in [0.2, 0.25) is 0 Å². The van der Waals surface area contributed by atoms with Crippen molar-refractivity contribution in [3.05, 3.63) is 10.4 Å². The summed E-state index contributed by atoms with van der Waals surface area (Å²) in [5.41, 5.74) is 0. The Kier molecular flexibility index (Phi) is 2.67. The molecule has 4 nitrogen and oxygen atoms in total. The van der Waals surface area contributed by atoms with E-state index in [9.17, 15) is 4.79 Å². The SMILES string of the molecule is O=C(O)c1nc(N2CCCCC2)cs1. The fourth-order valence-electron chi connectivity index (χ4n) is 1.63. The minimum atomic E-state index is -0.932. The van der Waals surface area contributed by atoms with Gasteiger partial charge in [0.15, 0.2) is 0 Å². The second-order valence-electron chi connectivity index (χ2n) is 3.36. The molecule has 0 atom stereocenters. The molecule has 1 aromatic rings. The fraction of sp³-hybridized carbons (Fsp3) is 0.556. The molecule has 1 saturated heterocycles. The Balaban J connectivity index is 2.11. The average molecular weight is 212 g/mol. The van der Waals surface area contributed by atoms with Crippen LogP contribution in [0, 0.1) is 0 Å². The maximum atomic E-state index is 10.6. The van der Waals surface area contributed by atoms with Crippen LogP contribution in [-0.4, -0.2) is 29.1 Å². The highest BCUT2D eigenvalue weighted by atomic mass is 32.1. The Morgan fingerprint density at radius 2 is 2.14 bits per heavy atom. The van der Waals surface area contributed by atoms with Gasteiger partial charge in [0.1, 0.15) is 5.82 Å². The van der Waals surface area contributed by atoms with Gasteiger partial charge in [-0.15, -0.1) is 11.3 Å². The Morgan fingerprint density at radius 1 is 1.43 bits per heavy atom. The zero-order valence-corrected chi connectivity index (χ0v) is 8.59. The van der Waals surface area contributed by atoms with E-state index >= 15 is 0 Å². The monoisotopic (exact) mass is 212 g/mol. The van der Waals surface area contributed by atoms with Crippen LogP contribution in [0.3, 0.4) is 0 Å². The summed E-state index contributed by atoms with van der Waals surface area (Å²) in [5.74, 6) is -0.106. The van der Waals surface area contributed by atoms with Crippen LogP contribution in [-0.2, 0) is 0 Å². The first-order chi connectivity index (χ1) is 6.77. The molecule has 1 N–H and O–H groups in total. The lowest BCUT2D eigenvalue weighted by molar-refractivity contribution is 0.0696. The van der Waals surface area contributed by atoms with Crippen LogP contribution in [0.15, 0.2) is 5.38 Å². The van der Waals surface area contributed by atoms with Gasteiger partial charge in [0, 0.05) is 18.5 Å². The van der Waals surface area contributed by atoms with Crippen LogP contribution in [0.4, 0.5) is 5.82 Å². The summed E-state index contributed by atoms with van der Waals surface area (Å²) >= 11 is 1.20. The number of aromatic nitrogens is 1. The van der Waals surface area contributed by atoms with Gasteiger partial charge in [0.2, 0.25) is 5.01 Å². The molecule has 0 bridgehead atoms. The molecule has 1 aliphatic rings. The number of thiazole rings is 1. The summed E-state index contributed by atoms with van der Waals surface area (Å²) in [6.07, 6.45) is 3.63. The molecule has 0 aromatic carbocycles. The van der Waals surface area contributed by atoms with Crippen molar-refractivity contribution < 1.29 is 9.90 Å². The van der Waals surface area contributed by atoms with Gasteiger partial charge < -0.3 is 10.0 Å². The number of carboxylic acids is 1. The van der Waals surface area contributed by atoms with E-state index in [2.05, 4.69) is 9.88 Å². The van der Waals surface area contributed by atoms with Gasteiger partial charge in [-0.25, -0.2) is 9.78 Å². The summed E-state index contributed by atoms with van der Waals surface area (Å²) < 4.78 is 0. The maximum Gasteiger partial charge on any atom is 0.365 e. The number of nitrogens with zero attached hydrogens (tertiary/aromatic N) is 2. The van der Waals surface area contributed by atoms with Gasteiger partial charge in [-0.3, -0.25) is 0 Å². The minimum absolute atomic E-state index is 0.186. The lowest BCUT2D eigenvalue weighted by Gasteiger charge is -2.26. The van der Waals surface area contributed by atoms with Crippen LogP contribution >= 0.6 is 11.3 Å². The van der Waals surface area contributed by atoms with E-state index in [1.165, 1.54) is 30.6 Å². The van der Waals surface area contributed by atoms with Crippen molar-refractivity contribution in [3.8, 4) is 0 Å². The number of rotatable bonds is 2. The van der Waals surface area contributed by atoms with Crippen LogP contribution < -0.4 is 4.90 Å². The molecule has 76 valence electrons. The minimum Gasteiger partial charge on any atom is -0.476 e. The van der Waals surface area contributed by atoms with E-state index in [0.29, 0.717) is 0 Å². The molecule has 2 rings (SSSR count). The summed E-state index contributed by atoms with van der Waals surface area (Å²) in [5, 5.41) is 10.7. The largest absolute Gasteiger partial charge is 0.476 e. The standard InChI is InChI=1S/C9H12N2O2S/c12-9(13)8-10-7(6-14-8)11-4-2-1-3-5-11/h6H,1-5H2,(H,12,13). The van der Waals surface area contributed by atoms with E-state index < -0.39 is 5.97 Å². The first-order valence-corrected chi connectivity index (χ1v) is 5.59. The first-order valence-electron chi connectivity index (χ1n) is 4.71. The first kappa shape index (κ1) is 9.45. The fourth-order valence-corrected chi connectivity index (χ4v) is 2.30. The van der Waals surface area contributed by atoms with Crippen molar-refractivity contribution in [2.75, 3.05) is 18.0 Å².